The third-order valence-electron chi connectivity index (χ3n) is 6.71. The Hall–Kier alpha value is -4.08. The molecule has 6 rings (SSSR count). The lowest BCUT2D eigenvalue weighted by Gasteiger charge is -2.36. The number of nitrogen functional groups attached to an aromatic ring is 1. The molecule has 2 aromatic heterocycles. The Balaban J connectivity index is 1.36. The van der Waals surface area contributed by atoms with Crippen LogP contribution in [0, 0.1) is 11.7 Å². The van der Waals surface area contributed by atoms with Crippen molar-refractivity contribution in [2.24, 2.45) is 5.92 Å². The first kappa shape index (κ1) is 23.7. The van der Waals surface area contributed by atoms with Gasteiger partial charge in [-0.1, -0.05) is 0 Å². The SMILES string of the molecule is COc1cc(C(=O)N2CC3CC[C@@H]2CN(c2cnc(N)cc2OC)C3)ncc1Oc1ccc(F)cc1. The third-order valence-corrected chi connectivity index (χ3v) is 6.71. The zero-order chi connectivity index (χ0) is 25.2. The molecule has 9 nitrogen and oxygen atoms in total. The first-order valence-corrected chi connectivity index (χ1v) is 11.8. The summed E-state index contributed by atoms with van der Waals surface area (Å²) in [5.41, 5.74) is 6.99. The molecule has 1 aromatic carbocycles. The van der Waals surface area contributed by atoms with Crippen molar-refractivity contribution in [2.45, 2.75) is 18.9 Å². The summed E-state index contributed by atoms with van der Waals surface area (Å²) < 4.78 is 30.0. The Morgan fingerprint density at radius 2 is 1.75 bits per heavy atom. The van der Waals surface area contributed by atoms with Crippen LogP contribution in [0.1, 0.15) is 23.3 Å². The van der Waals surface area contributed by atoms with Crippen molar-refractivity contribution >= 4 is 17.4 Å². The lowest BCUT2D eigenvalue weighted by atomic mass is 9.94. The van der Waals surface area contributed by atoms with Crippen molar-refractivity contribution in [1.82, 2.24) is 14.9 Å². The molecule has 3 fully saturated rings. The number of aromatic nitrogens is 2. The largest absolute Gasteiger partial charge is 0.494 e. The highest BCUT2D eigenvalue weighted by atomic mass is 19.1. The zero-order valence-electron chi connectivity index (χ0n) is 20.2. The maximum Gasteiger partial charge on any atom is 0.272 e. The van der Waals surface area contributed by atoms with Crippen LogP contribution in [0.2, 0.25) is 0 Å². The summed E-state index contributed by atoms with van der Waals surface area (Å²) in [5, 5.41) is 0. The van der Waals surface area contributed by atoms with Gasteiger partial charge in [0.1, 0.15) is 28.8 Å². The number of hydrogen-bond donors (Lipinski definition) is 1. The fourth-order valence-electron chi connectivity index (χ4n) is 4.93. The minimum atomic E-state index is -0.357. The minimum absolute atomic E-state index is 0.0152. The highest BCUT2D eigenvalue weighted by Crippen LogP contribution is 2.37. The molecule has 2 bridgehead atoms. The number of fused-ring (bicyclic) bond motifs is 4. The van der Waals surface area contributed by atoms with Crippen molar-refractivity contribution in [3.8, 4) is 23.0 Å². The van der Waals surface area contributed by atoms with E-state index in [-0.39, 0.29) is 23.5 Å². The number of rotatable bonds is 6. The summed E-state index contributed by atoms with van der Waals surface area (Å²) >= 11 is 0. The van der Waals surface area contributed by atoms with Gasteiger partial charge in [-0.15, -0.1) is 0 Å². The number of ether oxygens (including phenoxy) is 3. The van der Waals surface area contributed by atoms with Crippen LogP contribution in [-0.2, 0) is 0 Å². The van der Waals surface area contributed by atoms with E-state index in [1.165, 1.54) is 37.6 Å². The summed E-state index contributed by atoms with van der Waals surface area (Å²) in [4.78, 5) is 26.3. The van der Waals surface area contributed by atoms with Crippen LogP contribution in [0.25, 0.3) is 0 Å². The fraction of sp³-hybridized carbons (Fsp3) is 0.346. The fourth-order valence-corrected chi connectivity index (χ4v) is 4.93. The quantitative estimate of drug-likeness (QED) is 0.554. The van der Waals surface area contributed by atoms with Crippen molar-refractivity contribution in [3.63, 3.8) is 0 Å². The van der Waals surface area contributed by atoms with Crippen LogP contribution in [0.3, 0.4) is 0 Å². The topological polar surface area (TPSA) is 103 Å². The van der Waals surface area contributed by atoms with Crippen molar-refractivity contribution < 1.29 is 23.4 Å². The molecule has 2 atom stereocenters. The number of hydrogen-bond acceptors (Lipinski definition) is 8. The summed E-state index contributed by atoms with van der Waals surface area (Å²) in [6.07, 6.45) is 5.14. The van der Waals surface area contributed by atoms with Crippen molar-refractivity contribution in [3.05, 3.63) is 60.3 Å². The molecule has 3 aromatic rings. The van der Waals surface area contributed by atoms with Gasteiger partial charge in [-0.25, -0.2) is 14.4 Å². The monoisotopic (exact) mass is 493 g/mol. The van der Waals surface area contributed by atoms with E-state index in [0.29, 0.717) is 47.8 Å². The zero-order valence-corrected chi connectivity index (χ0v) is 20.2. The van der Waals surface area contributed by atoms with Gasteiger partial charge in [0.2, 0.25) is 0 Å². The Bertz CT molecular complexity index is 1260. The van der Waals surface area contributed by atoms with Gasteiger partial charge in [-0.05, 0) is 43.0 Å². The molecule has 5 heterocycles. The van der Waals surface area contributed by atoms with E-state index in [0.717, 1.165) is 25.1 Å². The molecule has 2 N–H and O–H groups in total. The molecular weight excluding hydrogens is 465 g/mol. The summed E-state index contributed by atoms with van der Waals surface area (Å²) in [6, 6.07) is 8.96. The predicted molar refractivity (Wildman–Crippen MR) is 132 cm³/mol. The second-order valence-corrected chi connectivity index (χ2v) is 9.02. The Labute approximate surface area is 208 Å². The molecule has 0 aliphatic carbocycles. The molecule has 3 saturated heterocycles. The van der Waals surface area contributed by atoms with E-state index in [1.54, 1.807) is 25.4 Å². The Morgan fingerprint density at radius 3 is 2.50 bits per heavy atom. The van der Waals surface area contributed by atoms with Crippen LogP contribution in [0.4, 0.5) is 15.9 Å². The van der Waals surface area contributed by atoms with Gasteiger partial charge in [0.25, 0.3) is 5.91 Å². The van der Waals surface area contributed by atoms with Gasteiger partial charge in [0.05, 0.1) is 32.3 Å². The molecule has 1 amide bonds. The number of nitrogens with zero attached hydrogens (tertiary/aromatic N) is 4. The minimum Gasteiger partial charge on any atom is -0.494 e. The van der Waals surface area contributed by atoms with Gasteiger partial charge in [-0.2, -0.15) is 0 Å². The van der Waals surface area contributed by atoms with E-state index < -0.39 is 0 Å². The maximum atomic E-state index is 13.6. The van der Waals surface area contributed by atoms with E-state index in [9.17, 15) is 9.18 Å². The number of pyridine rings is 2. The number of nitrogens with two attached hydrogens (primary N) is 1. The Morgan fingerprint density at radius 1 is 0.972 bits per heavy atom. The molecule has 0 saturated carbocycles. The van der Waals surface area contributed by atoms with Crippen LogP contribution >= 0.6 is 0 Å². The molecule has 36 heavy (non-hydrogen) atoms. The number of piperidine rings is 1. The van der Waals surface area contributed by atoms with Crippen LogP contribution < -0.4 is 24.8 Å². The van der Waals surface area contributed by atoms with Crippen LogP contribution in [-0.4, -0.2) is 60.7 Å². The molecule has 3 aliphatic rings. The van der Waals surface area contributed by atoms with Gasteiger partial charge in [0.15, 0.2) is 11.5 Å². The highest BCUT2D eigenvalue weighted by Gasteiger charge is 2.38. The number of methoxy groups -OCH3 is 2. The van der Waals surface area contributed by atoms with Crippen LogP contribution in [0.5, 0.6) is 23.0 Å². The molecule has 10 heteroatoms. The average molecular weight is 494 g/mol. The maximum absolute atomic E-state index is 13.6. The predicted octanol–water partition coefficient (Wildman–Crippen LogP) is 3.75. The number of carbonyl (C=O) groups is 1. The second-order valence-electron chi connectivity index (χ2n) is 9.02. The third kappa shape index (κ3) is 4.71. The molecule has 0 radical (unpaired) electrons. The smallest absolute Gasteiger partial charge is 0.272 e. The average Bonchev–Trinajstić information content (AvgIpc) is 3.21. The van der Waals surface area contributed by atoms with Crippen molar-refractivity contribution in [2.75, 3.05) is 44.5 Å². The number of carbonyl (C=O) groups excluding carboxylic acids is 1. The van der Waals surface area contributed by atoms with Crippen molar-refractivity contribution in [1.29, 1.82) is 0 Å². The normalized spacial score (nSPS) is 19.1. The lowest BCUT2D eigenvalue weighted by Crippen LogP contribution is -2.47. The van der Waals surface area contributed by atoms with Gasteiger partial charge < -0.3 is 29.7 Å². The standard InChI is InChI=1S/C26H28FN5O4/c1-34-22-10-25(28)30-11-21(22)31-13-16-3-6-18(15-31)32(14-16)26(33)20-9-23(35-2)24(12-29-20)36-19-7-4-17(27)5-8-19/h4-5,7-12,16,18H,3,6,13-15H2,1-2H3,(H2,28,30)/t16?,18-/m1/s1. The lowest BCUT2D eigenvalue weighted by molar-refractivity contribution is 0.0585. The Kier molecular flexibility index (Phi) is 6.49. The highest BCUT2D eigenvalue weighted by molar-refractivity contribution is 5.93. The van der Waals surface area contributed by atoms with Gasteiger partial charge in [0, 0.05) is 37.8 Å². The molecular formula is C26H28FN5O4. The summed E-state index contributed by atoms with van der Waals surface area (Å²) in [6.45, 7) is 2.10. The number of halogens is 1. The van der Waals surface area contributed by atoms with E-state index in [1.807, 2.05) is 4.90 Å². The van der Waals surface area contributed by atoms with E-state index >= 15 is 0 Å². The number of amides is 1. The first-order chi connectivity index (χ1) is 17.4. The summed E-state index contributed by atoms with van der Waals surface area (Å²) in [5.74, 6) is 2.02. The first-order valence-electron chi connectivity index (χ1n) is 11.8. The van der Waals surface area contributed by atoms with Gasteiger partial charge >= 0.3 is 0 Å². The molecule has 0 spiro atoms. The van der Waals surface area contributed by atoms with E-state index in [2.05, 4.69) is 14.9 Å². The molecule has 188 valence electrons. The summed E-state index contributed by atoms with van der Waals surface area (Å²) in [7, 11) is 3.12. The number of anilines is 2. The van der Waals surface area contributed by atoms with E-state index in [4.69, 9.17) is 19.9 Å². The molecule has 3 aliphatic heterocycles. The number of benzene rings is 1. The van der Waals surface area contributed by atoms with Crippen LogP contribution in [0.15, 0.2) is 48.8 Å². The van der Waals surface area contributed by atoms with Gasteiger partial charge in [-0.3, -0.25) is 4.79 Å². The molecule has 1 unspecified atom stereocenters. The second kappa shape index (κ2) is 9.88.